The van der Waals surface area contributed by atoms with Crippen molar-refractivity contribution in [3.05, 3.63) is 70.0 Å². The van der Waals surface area contributed by atoms with E-state index in [1.807, 2.05) is 0 Å². The van der Waals surface area contributed by atoms with E-state index in [1.165, 1.54) is 38.0 Å². The molecule has 0 saturated carbocycles. The van der Waals surface area contributed by atoms with Crippen molar-refractivity contribution < 1.29 is 18.7 Å². The lowest BCUT2D eigenvalue weighted by molar-refractivity contribution is -0.109. The highest BCUT2D eigenvalue weighted by molar-refractivity contribution is 6.51. The Labute approximate surface area is 209 Å². The number of hydrogen-bond acceptors (Lipinski definition) is 9. The van der Waals surface area contributed by atoms with Crippen molar-refractivity contribution in [3.8, 4) is 0 Å². The number of allylic oxidation sites excluding steroid dienone is 1. The molecule has 1 atom stereocenters. The van der Waals surface area contributed by atoms with E-state index < -0.39 is 17.7 Å². The summed E-state index contributed by atoms with van der Waals surface area (Å²) >= 11 is 5.91. The van der Waals surface area contributed by atoms with Gasteiger partial charge in [0.15, 0.2) is 0 Å². The maximum Gasteiger partial charge on any atom is 0.209 e. The molecule has 1 heterocycles. The third kappa shape index (κ3) is 8.43. The van der Waals surface area contributed by atoms with Crippen molar-refractivity contribution in [2.24, 2.45) is 20.7 Å². The van der Waals surface area contributed by atoms with E-state index in [4.69, 9.17) is 26.8 Å². The van der Waals surface area contributed by atoms with Gasteiger partial charge in [-0.2, -0.15) is 0 Å². The number of methoxy groups -OCH3 is 1. The Balaban J connectivity index is 2.50. The van der Waals surface area contributed by atoms with Gasteiger partial charge in [-0.25, -0.2) is 9.38 Å². The van der Waals surface area contributed by atoms with E-state index in [1.54, 1.807) is 26.4 Å². The molecular formula is C24H30ClFN6O3. The SMILES string of the molecule is CN=C/C(=C\N)C1CN/C=C/N=CN/C(COC)=C(/C)C(=O)C(c2ccc(Cl)cc2F)=NCCO1. The fourth-order valence-corrected chi connectivity index (χ4v) is 3.27. The summed E-state index contributed by atoms with van der Waals surface area (Å²) in [6, 6.07) is 4.07. The lowest BCUT2D eigenvalue weighted by Gasteiger charge is -2.18. The van der Waals surface area contributed by atoms with Gasteiger partial charge < -0.3 is 25.8 Å². The molecule has 0 bridgehead atoms. The van der Waals surface area contributed by atoms with Crippen LogP contribution in [0.3, 0.4) is 0 Å². The number of rotatable bonds is 5. The number of nitrogens with zero attached hydrogens (tertiary/aromatic N) is 3. The predicted octanol–water partition coefficient (Wildman–Crippen LogP) is 2.38. The van der Waals surface area contributed by atoms with Gasteiger partial charge in [0.1, 0.15) is 17.6 Å². The number of ether oxygens (including phenoxy) is 2. The van der Waals surface area contributed by atoms with Crippen LogP contribution < -0.4 is 16.4 Å². The van der Waals surface area contributed by atoms with Gasteiger partial charge in [-0.05, 0) is 25.1 Å². The molecular weight excluding hydrogens is 475 g/mol. The summed E-state index contributed by atoms with van der Waals surface area (Å²) in [5, 5.41) is 6.26. The molecule has 0 radical (unpaired) electrons. The van der Waals surface area contributed by atoms with Crippen molar-refractivity contribution in [1.29, 1.82) is 0 Å². The van der Waals surface area contributed by atoms with Crippen LogP contribution in [-0.2, 0) is 14.3 Å². The summed E-state index contributed by atoms with van der Waals surface area (Å²) in [5.41, 5.74) is 7.13. The number of Topliss-reactive ketones (excluding diaryl/α,β-unsaturated/α-hetero) is 1. The summed E-state index contributed by atoms with van der Waals surface area (Å²) in [4.78, 5) is 26.0. The first kappa shape index (κ1) is 27.9. The van der Waals surface area contributed by atoms with Crippen LogP contribution in [0.5, 0.6) is 0 Å². The number of carbonyl (C=O) groups excluding carboxylic acids is 1. The standard InChI is InChI=1S/C24H30ClFN6O3/c1-16-21(14-34-3)32-15-30-7-6-29-13-22(17(11-27)12-28-2)35-9-8-31-23(24(16)33)19-5-4-18(25)10-20(19)26/h4-7,10-12,15,22,29H,8-9,13-14,27H2,1-3H3,(H,30,32)/b7-6+,17-11+,21-16-,28-12?,31-23?. The Morgan fingerprint density at radius 2 is 2.26 bits per heavy atom. The monoisotopic (exact) mass is 504 g/mol. The third-order valence-corrected chi connectivity index (χ3v) is 5.14. The van der Waals surface area contributed by atoms with Crippen molar-refractivity contribution in [2.45, 2.75) is 13.0 Å². The normalized spacial score (nSPS) is 22.0. The second-order valence-corrected chi connectivity index (χ2v) is 7.72. The molecule has 0 amide bonds. The maximum atomic E-state index is 14.8. The Bertz CT molecular complexity index is 1070. The van der Waals surface area contributed by atoms with Crippen LogP contribution in [0.4, 0.5) is 4.39 Å². The lowest BCUT2D eigenvalue weighted by atomic mass is 9.99. The van der Waals surface area contributed by atoms with Crippen molar-refractivity contribution in [2.75, 3.05) is 40.5 Å². The highest BCUT2D eigenvalue weighted by atomic mass is 35.5. The smallest absolute Gasteiger partial charge is 0.209 e. The average molecular weight is 505 g/mol. The molecule has 0 aromatic heterocycles. The first-order chi connectivity index (χ1) is 16.9. The number of hydrogen-bond donors (Lipinski definition) is 3. The molecule has 0 fully saturated rings. The molecule has 1 aliphatic rings. The first-order valence-electron chi connectivity index (χ1n) is 10.8. The lowest BCUT2D eigenvalue weighted by Crippen LogP contribution is -2.30. The molecule has 2 rings (SSSR count). The van der Waals surface area contributed by atoms with Gasteiger partial charge in [0.25, 0.3) is 0 Å². The zero-order valence-electron chi connectivity index (χ0n) is 19.9. The zero-order chi connectivity index (χ0) is 25.6. The highest BCUT2D eigenvalue weighted by Gasteiger charge is 2.22. The van der Waals surface area contributed by atoms with Gasteiger partial charge in [0.05, 0.1) is 26.1 Å². The van der Waals surface area contributed by atoms with Crippen molar-refractivity contribution in [1.82, 2.24) is 10.6 Å². The molecule has 4 N–H and O–H groups in total. The summed E-state index contributed by atoms with van der Waals surface area (Å²) in [7, 11) is 3.13. The van der Waals surface area contributed by atoms with Crippen molar-refractivity contribution >= 4 is 35.6 Å². The van der Waals surface area contributed by atoms with Gasteiger partial charge >= 0.3 is 0 Å². The molecule has 1 aliphatic heterocycles. The molecule has 0 saturated heterocycles. The molecule has 1 aromatic carbocycles. The minimum atomic E-state index is -0.657. The first-order valence-corrected chi connectivity index (χ1v) is 11.2. The summed E-state index contributed by atoms with van der Waals surface area (Å²) in [5.74, 6) is -1.13. The van der Waals surface area contributed by atoms with Crippen LogP contribution in [0.25, 0.3) is 0 Å². The van der Waals surface area contributed by atoms with Crippen LogP contribution >= 0.6 is 11.6 Å². The van der Waals surface area contributed by atoms with E-state index in [2.05, 4.69) is 25.6 Å². The minimum Gasteiger partial charge on any atom is -0.404 e. The molecule has 0 spiro atoms. The minimum absolute atomic E-state index is 0.0344. The highest BCUT2D eigenvalue weighted by Crippen LogP contribution is 2.18. The van der Waals surface area contributed by atoms with Crippen LogP contribution in [0.2, 0.25) is 5.02 Å². The Kier molecular flexibility index (Phi) is 11.8. The number of aliphatic imine (C=N–C) groups is 3. The Morgan fingerprint density at radius 3 is 2.94 bits per heavy atom. The maximum absolute atomic E-state index is 14.8. The second kappa shape index (κ2) is 14.8. The van der Waals surface area contributed by atoms with Gasteiger partial charge in [0.2, 0.25) is 5.78 Å². The predicted molar refractivity (Wildman–Crippen MR) is 138 cm³/mol. The van der Waals surface area contributed by atoms with Gasteiger partial charge in [-0.1, -0.05) is 11.6 Å². The van der Waals surface area contributed by atoms with E-state index >= 15 is 0 Å². The quantitative estimate of drug-likeness (QED) is 0.529. The topological polar surface area (TPSA) is 123 Å². The van der Waals surface area contributed by atoms with Crippen LogP contribution in [0.15, 0.2) is 68.6 Å². The Hall–Kier alpha value is -3.34. The number of benzene rings is 1. The van der Waals surface area contributed by atoms with Crippen LogP contribution in [0, 0.1) is 5.82 Å². The van der Waals surface area contributed by atoms with Gasteiger partial charge in [-0.3, -0.25) is 14.8 Å². The van der Waals surface area contributed by atoms with Crippen LogP contribution in [-0.4, -0.2) is 70.6 Å². The zero-order valence-corrected chi connectivity index (χ0v) is 20.7. The van der Waals surface area contributed by atoms with Crippen molar-refractivity contribution in [3.63, 3.8) is 0 Å². The molecule has 11 heteroatoms. The van der Waals surface area contributed by atoms with E-state index in [-0.39, 0.29) is 36.1 Å². The number of carbonyl (C=O) groups is 1. The van der Waals surface area contributed by atoms with Crippen LogP contribution in [0.1, 0.15) is 12.5 Å². The summed E-state index contributed by atoms with van der Waals surface area (Å²) in [6.07, 6.45) is 7.17. The van der Waals surface area contributed by atoms with E-state index in [0.717, 1.165) is 6.07 Å². The summed E-state index contributed by atoms with van der Waals surface area (Å²) in [6.45, 7) is 2.33. The summed E-state index contributed by atoms with van der Waals surface area (Å²) < 4.78 is 25.9. The third-order valence-electron chi connectivity index (χ3n) is 4.90. The fourth-order valence-electron chi connectivity index (χ4n) is 3.11. The molecule has 0 aliphatic carbocycles. The molecule has 1 unspecified atom stereocenters. The molecule has 35 heavy (non-hydrogen) atoms. The number of ketones is 1. The Morgan fingerprint density at radius 1 is 1.46 bits per heavy atom. The number of halogens is 2. The molecule has 1 aromatic rings. The molecule has 188 valence electrons. The average Bonchev–Trinajstić information content (AvgIpc) is 2.84. The fraction of sp³-hybridized carbons (Fsp3) is 0.333. The largest absolute Gasteiger partial charge is 0.404 e. The van der Waals surface area contributed by atoms with Gasteiger partial charge in [-0.15, -0.1) is 0 Å². The van der Waals surface area contributed by atoms with Gasteiger partial charge in [0, 0.05) is 72.9 Å². The second-order valence-electron chi connectivity index (χ2n) is 7.28. The van der Waals surface area contributed by atoms with E-state index in [9.17, 15) is 9.18 Å². The number of nitrogens with two attached hydrogens (primary N) is 1. The van der Waals surface area contributed by atoms with E-state index in [0.29, 0.717) is 23.4 Å². The molecule has 9 nitrogen and oxygen atoms in total. The number of nitrogens with one attached hydrogen (secondary N) is 2.